The van der Waals surface area contributed by atoms with Crippen LogP contribution in [-0.2, 0) is 18.0 Å². The maximum atomic E-state index is 14.7. The number of alkyl halides is 3. The van der Waals surface area contributed by atoms with Crippen molar-refractivity contribution in [3.8, 4) is 11.1 Å². The molecule has 3 rings (SSSR count). The van der Waals surface area contributed by atoms with Gasteiger partial charge in [0.15, 0.2) is 5.69 Å². The second kappa shape index (κ2) is 8.40. The van der Waals surface area contributed by atoms with Crippen LogP contribution in [0.25, 0.3) is 11.1 Å². The summed E-state index contributed by atoms with van der Waals surface area (Å²) >= 11 is 0. The molecule has 7 nitrogen and oxygen atoms in total. The fraction of sp³-hybridized carbons (Fsp3) is 0.350. The topological polar surface area (TPSA) is 86.0 Å². The molecule has 31 heavy (non-hydrogen) atoms. The molecule has 1 aliphatic rings. The molecule has 2 heterocycles. The van der Waals surface area contributed by atoms with Gasteiger partial charge in [0.05, 0.1) is 12.2 Å². The summed E-state index contributed by atoms with van der Waals surface area (Å²) in [6.07, 6.45) is -2.97. The summed E-state index contributed by atoms with van der Waals surface area (Å²) in [4.78, 5) is 13.3. The molecule has 1 aromatic carbocycles. The third-order valence-corrected chi connectivity index (χ3v) is 5.03. The first-order valence-electron chi connectivity index (χ1n) is 9.43. The van der Waals surface area contributed by atoms with Gasteiger partial charge < -0.3 is 15.5 Å². The Balaban J connectivity index is 1.87. The second-order valence-corrected chi connectivity index (χ2v) is 7.16. The first kappa shape index (κ1) is 22.3. The van der Waals surface area contributed by atoms with Crippen LogP contribution in [0.3, 0.4) is 0 Å². The summed E-state index contributed by atoms with van der Waals surface area (Å²) < 4.78 is 55.4. The predicted molar refractivity (Wildman–Crippen MR) is 108 cm³/mol. The number of amides is 1. The van der Waals surface area contributed by atoms with Crippen molar-refractivity contribution in [1.29, 1.82) is 5.41 Å². The van der Waals surface area contributed by atoms with E-state index in [0.29, 0.717) is 18.5 Å². The second-order valence-electron chi connectivity index (χ2n) is 7.16. The Morgan fingerprint density at radius 1 is 1.29 bits per heavy atom. The first-order valence-corrected chi connectivity index (χ1v) is 9.43. The number of rotatable bonds is 4. The third-order valence-electron chi connectivity index (χ3n) is 5.03. The highest BCUT2D eigenvalue weighted by atomic mass is 19.4. The molecule has 0 atom stereocenters. The number of anilines is 1. The maximum absolute atomic E-state index is 14.7. The number of hydrogen-bond acceptors (Lipinski definition) is 4. The van der Waals surface area contributed by atoms with Crippen LogP contribution >= 0.6 is 0 Å². The van der Waals surface area contributed by atoms with Gasteiger partial charge in [0, 0.05) is 57.0 Å². The SMILES string of the molecule is CNC1=C(C(=N)Nc2ccc(-c3cn(C)nc3C(F)(F)F)cc2F)CN(C(C)=O)CC1. The molecule has 0 fully saturated rings. The molecule has 0 bridgehead atoms. The molecule has 1 amide bonds. The quantitative estimate of drug-likeness (QED) is 0.388. The number of aryl methyl sites for hydroxylation is 1. The fourth-order valence-electron chi connectivity index (χ4n) is 3.44. The van der Waals surface area contributed by atoms with E-state index < -0.39 is 17.7 Å². The van der Waals surface area contributed by atoms with Crippen molar-refractivity contribution in [3.63, 3.8) is 0 Å². The van der Waals surface area contributed by atoms with E-state index in [0.717, 1.165) is 16.4 Å². The van der Waals surface area contributed by atoms with E-state index in [2.05, 4.69) is 15.7 Å². The Morgan fingerprint density at radius 3 is 2.58 bits per heavy atom. The molecular formula is C20H22F4N6O. The lowest BCUT2D eigenvalue weighted by Gasteiger charge is -2.30. The van der Waals surface area contributed by atoms with Crippen LogP contribution in [0.4, 0.5) is 23.2 Å². The van der Waals surface area contributed by atoms with Gasteiger partial charge in [-0.25, -0.2) is 4.39 Å². The number of aromatic nitrogens is 2. The number of halogens is 4. The van der Waals surface area contributed by atoms with E-state index in [1.807, 2.05) is 0 Å². The van der Waals surface area contributed by atoms with Crippen molar-refractivity contribution in [2.24, 2.45) is 7.05 Å². The molecule has 0 spiro atoms. The van der Waals surface area contributed by atoms with Crippen LogP contribution in [0.2, 0.25) is 0 Å². The molecule has 0 saturated carbocycles. The molecule has 0 aliphatic carbocycles. The van der Waals surface area contributed by atoms with Crippen LogP contribution in [0.15, 0.2) is 35.7 Å². The molecule has 0 unspecified atom stereocenters. The Morgan fingerprint density at radius 2 is 2.00 bits per heavy atom. The van der Waals surface area contributed by atoms with Gasteiger partial charge in [-0.05, 0) is 17.7 Å². The number of amidine groups is 1. The van der Waals surface area contributed by atoms with Gasteiger partial charge in [-0.2, -0.15) is 18.3 Å². The van der Waals surface area contributed by atoms with Crippen molar-refractivity contribution < 1.29 is 22.4 Å². The van der Waals surface area contributed by atoms with Crippen molar-refractivity contribution in [1.82, 2.24) is 20.0 Å². The van der Waals surface area contributed by atoms with Crippen LogP contribution in [0.5, 0.6) is 0 Å². The predicted octanol–water partition coefficient (Wildman–Crippen LogP) is 3.36. The lowest BCUT2D eigenvalue weighted by molar-refractivity contribution is -0.141. The van der Waals surface area contributed by atoms with Gasteiger partial charge >= 0.3 is 6.18 Å². The number of carbonyl (C=O) groups excluding carboxylic acids is 1. The zero-order chi connectivity index (χ0) is 22.9. The standard InChI is InChI=1S/C20H22F4N6O/c1-11(31)30-7-6-16(26-2)14(10-30)19(25)27-17-5-4-12(8-15(17)21)13-9-29(3)28-18(13)20(22,23)24/h4-5,8-9,26H,6-7,10H2,1-3H3,(H2,25,27). The van der Waals surface area contributed by atoms with E-state index in [1.165, 1.54) is 32.3 Å². The Bertz CT molecular complexity index is 1060. The van der Waals surface area contributed by atoms with Crippen LogP contribution in [-0.4, -0.2) is 46.6 Å². The molecule has 1 aromatic heterocycles. The van der Waals surface area contributed by atoms with E-state index in [9.17, 15) is 22.4 Å². The maximum Gasteiger partial charge on any atom is 0.435 e. The number of nitrogens with one attached hydrogen (secondary N) is 3. The van der Waals surface area contributed by atoms with Crippen LogP contribution in [0, 0.1) is 11.2 Å². The Labute approximate surface area is 176 Å². The summed E-state index contributed by atoms with van der Waals surface area (Å²) in [6.45, 7) is 2.14. The van der Waals surface area contributed by atoms with Crippen LogP contribution in [0.1, 0.15) is 19.0 Å². The number of carbonyl (C=O) groups is 1. The van der Waals surface area contributed by atoms with E-state index in [1.54, 1.807) is 11.9 Å². The third kappa shape index (κ3) is 4.70. The first-order chi connectivity index (χ1) is 14.5. The minimum absolute atomic E-state index is 0.0190. The van der Waals surface area contributed by atoms with Crippen molar-refractivity contribution >= 4 is 17.4 Å². The highest BCUT2D eigenvalue weighted by Crippen LogP contribution is 2.36. The largest absolute Gasteiger partial charge is 0.435 e. The van der Waals surface area contributed by atoms with Crippen molar-refractivity contribution in [3.05, 3.63) is 47.2 Å². The molecule has 2 aromatic rings. The summed E-state index contributed by atoms with van der Waals surface area (Å²) in [6, 6.07) is 3.58. The van der Waals surface area contributed by atoms with E-state index in [-0.39, 0.29) is 35.1 Å². The molecule has 0 saturated heterocycles. The van der Waals surface area contributed by atoms with Gasteiger partial charge in [-0.1, -0.05) is 6.07 Å². The molecular weight excluding hydrogens is 416 g/mol. The van der Waals surface area contributed by atoms with E-state index in [4.69, 9.17) is 5.41 Å². The van der Waals surface area contributed by atoms with Gasteiger partial charge in [0.1, 0.15) is 11.7 Å². The van der Waals surface area contributed by atoms with Crippen molar-refractivity contribution in [2.75, 3.05) is 25.5 Å². The molecule has 11 heteroatoms. The monoisotopic (exact) mass is 438 g/mol. The smallest absolute Gasteiger partial charge is 0.391 e. The minimum Gasteiger partial charge on any atom is -0.391 e. The van der Waals surface area contributed by atoms with Crippen LogP contribution < -0.4 is 10.6 Å². The van der Waals surface area contributed by atoms with Gasteiger partial charge in [0.2, 0.25) is 5.91 Å². The Kier molecular flexibility index (Phi) is 6.05. The summed E-state index contributed by atoms with van der Waals surface area (Å²) in [5.41, 5.74) is -0.103. The van der Waals surface area contributed by atoms with E-state index >= 15 is 0 Å². The number of hydrogen-bond donors (Lipinski definition) is 3. The lowest BCUT2D eigenvalue weighted by atomic mass is 10.0. The van der Waals surface area contributed by atoms with Gasteiger partial charge in [-0.3, -0.25) is 14.9 Å². The lowest BCUT2D eigenvalue weighted by Crippen LogP contribution is -2.40. The van der Waals surface area contributed by atoms with Crippen molar-refractivity contribution in [2.45, 2.75) is 19.5 Å². The minimum atomic E-state index is -4.67. The molecule has 1 aliphatic heterocycles. The summed E-state index contributed by atoms with van der Waals surface area (Å²) in [5, 5.41) is 17.4. The molecule has 166 valence electrons. The fourth-order valence-corrected chi connectivity index (χ4v) is 3.44. The summed E-state index contributed by atoms with van der Waals surface area (Å²) in [7, 11) is 3.06. The summed E-state index contributed by atoms with van der Waals surface area (Å²) in [5.74, 6) is -1.04. The normalized spacial score (nSPS) is 14.6. The average Bonchev–Trinajstić information content (AvgIpc) is 3.11. The highest BCUT2D eigenvalue weighted by Gasteiger charge is 2.37. The number of benzene rings is 1. The average molecular weight is 438 g/mol. The number of nitrogens with zero attached hydrogens (tertiary/aromatic N) is 3. The van der Waals surface area contributed by atoms with Gasteiger partial charge in [-0.15, -0.1) is 0 Å². The highest BCUT2D eigenvalue weighted by molar-refractivity contribution is 6.07. The zero-order valence-electron chi connectivity index (χ0n) is 17.2. The zero-order valence-corrected chi connectivity index (χ0v) is 17.2. The molecule has 0 radical (unpaired) electrons. The molecule has 3 N–H and O–H groups in total. The Hall–Kier alpha value is -3.37. The van der Waals surface area contributed by atoms with Gasteiger partial charge in [0.25, 0.3) is 0 Å².